The number of hydrogen-bond donors (Lipinski definition) is 0. The first-order chi connectivity index (χ1) is 27.8. The average molecular weight is 807 g/mol. The molecule has 0 aromatic carbocycles. The van der Waals surface area contributed by atoms with Crippen molar-refractivity contribution in [2.75, 3.05) is 13.2 Å². The van der Waals surface area contributed by atoms with Crippen molar-refractivity contribution in [1.82, 2.24) is 0 Å². The van der Waals surface area contributed by atoms with Gasteiger partial charge < -0.3 is 14.2 Å². The molecule has 0 radical (unpaired) electrons. The zero-order valence-electron chi connectivity index (χ0n) is 39.0. The lowest BCUT2D eigenvalue weighted by Crippen LogP contribution is -2.30. The maximum atomic E-state index is 12.7. The Kier molecular flexibility index (Phi) is 42.7. The first kappa shape index (κ1) is 55.4. The van der Waals surface area contributed by atoms with Gasteiger partial charge in [-0.15, -0.1) is 0 Å². The van der Waals surface area contributed by atoms with Gasteiger partial charge in [-0.05, 0) is 31.1 Å². The fourth-order valence-corrected chi connectivity index (χ4v) is 7.60. The van der Waals surface area contributed by atoms with Gasteiger partial charge in [-0.25, -0.2) is 0 Å². The average Bonchev–Trinajstić information content (AvgIpc) is 3.19. The molecule has 0 fully saturated rings. The minimum absolute atomic E-state index is 0.0642. The second-order valence-electron chi connectivity index (χ2n) is 18.2. The lowest BCUT2D eigenvalue weighted by atomic mass is 9.99. The van der Waals surface area contributed by atoms with E-state index in [4.69, 9.17) is 14.2 Å². The molecule has 0 amide bonds. The summed E-state index contributed by atoms with van der Waals surface area (Å²) in [6, 6.07) is 0. The minimum Gasteiger partial charge on any atom is -0.462 e. The number of carbonyl (C=O) groups is 3. The quantitative estimate of drug-likeness (QED) is 0.0346. The van der Waals surface area contributed by atoms with E-state index in [0.29, 0.717) is 19.3 Å². The van der Waals surface area contributed by atoms with Crippen molar-refractivity contribution in [1.29, 1.82) is 0 Å². The molecule has 2 atom stereocenters. The lowest BCUT2D eigenvalue weighted by Gasteiger charge is -2.18. The Morgan fingerprint density at radius 3 is 1.00 bits per heavy atom. The monoisotopic (exact) mass is 807 g/mol. The van der Waals surface area contributed by atoms with Gasteiger partial charge >= 0.3 is 17.9 Å². The van der Waals surface area contributed by atoms with Gasteiger partial charge in [-0.2, -0.15) is 0 Å². The van der Waals surface area contributed by atoms with Gasteiger partial charge in [0.25, 0.3) is 0 Å². The Labute approximate surface area is 355 Å². The third-order valence-electron chi connectivity index (χ3n) is 11.8. The van der Waals surface area contributed by atoms with Gasteiger partial charge in [0.1, 0.15) is 13.2 Å². The lowest BCUT2D eigenvalue weighted by molar-refractivity contribution is -0.167. The maximum Gasteiger partial charge on any atom is 0.306 e. The molecule has 6 nitrogen and oxygen atoms in total. The summed E-state index contributed by atoms with van der Waals surface area (Å²) in [5.74, 6) is 0.851. The van der Waals surface area contributed by atoms with E-state index in [1.165, 1.54) is 167 Å². The van der Waals surface area contributed by atoms with Gasteiger partial charge in [-0.3, -0.25) is 14.4 Å². The SMILES string of the molecule is CCCCCCCCCCCC(=O)O[C@@H](COC(=O)CCCCCCCCCCCCCCCCC(C)CC)COC(=O)CCCCCCCCCCCC(C)C. The van der Waals surface area contributed by atoms with Crippen molar-refractivity contribution in [3.8, 4) is 0 Å². The maximum absolute atomic E-state index is 12.7. The summed E-state index contributed by atoms with van der Waals surface area (Å²) in [6.07, 6.45) is 43.7. The highest BCUT2D eigenvalue weighted by atomic mass is 16.6. The molecule has 0 spiro atoms. The molecule has 0 aromatic rings. The third kappa shape index (κ3) is 43.8. The normalized spacial score (nSPS) is 12.5. The number of ether oxygens (including phenoxy) is 3. The molecular formula is C51H98O6. The van der Waals surface area contributed by atoms with Crippen LogP contribution in [0.2, 0.25) is 0 Å². The van der Waals surface area contributed by atoms with Crippen molar-refractivity contribution in [3.05, 3.63) is 0 Å². The molecule has 1 unspecified atom stereocenters. The van der Waals surface area contributed by atoms with Gasteiger partial charge in [0.15, 0.2) is 6.10 Å². The van der Waals surface area contributed by atoms with Crippen molar-refractivity contribution in [3.63, 3.8) is 0 Å². The van der Waals surface area contributed by atoms with Crippen molar-refractivity contribution >= 4 is 17.9 Å². The van der Waals surface area contributed by atoms with E-state index in [1.807, 2.05) is 0 Å². The summed E-state index contributed by atoms with van der Waals surface area (Å²) in [6.45, 7) is 11.4. The summed E-state index contributed by atoms with van der Waals surface area (Å²) >= 11 is 0. The molecule has 0 rings (SSSR count). The van der Waals surface area contributed by atoms with Crippen LogP contribution in [0, 0.1) is 11.8 Å². The summed E-state index contributed by atoms with van der Waals surface area (Å²) in [4.78, 5) is 37.8. The molecule has 6 heteroatoms. The van der Waals surface area contributed by atoms with Crippen LogP contribution in [0.1, 0.15) is 279 Å². The molecule has 0 aliphatic carbocycles. The smallest absolute Gasteiger partial charge is 0.306 e. The van der Waals surface area contributed by atoms with Gasteiger partial charge in [-0.1, -0.05) is 240 Å². The molecule has 0 aliphatic heterocycles. The third-order valence-corrected chi connectivity index (χ3v) is 11.8. The van der Waals surface area contributed by atoms with E-state index in [0.717, 1.165) is 69.6 Å². The largest absolute Gasteiger partial charge is 0.462 e. The second-order valence-corrected chi connectivity index (χ2v) is 18.2. The first-order valence-corrected chi connectivity index (χ1v) is 25.3. The molecule has 57 heavy (non-hydrogen) atoms. The predicted molar refractivity (Wildman–Crippen MR) is 243 cm³/mol. The predicted octanol–water partition coefficient (Wildman–Crippen LogP) is 16.1. The van der Waals surface area contributed by atoms with E-state index in [1.54, 1.807) is 0 Å². The molecule has 0 aromatic heterocycles. The van der Waals surface area contributed by atoms with Crippen molar-refractivity contribution < 1.29 is 28.6 Å². The van der Waals surface area contributed by atoms with Crippen molar-refractivity contribution in [2.24, 2.45) is 11.8 Å². The number of hydrogen-bond acceptors (Lipinski definition) is 6. The molecule has 0 saturated heterocycles. The molecule has 0 bridgehead atoms. The number of rotatable bonds is 45. The van der Waals surface area contributed by atoms with Crippen LogP contribution in [0.3, 0.4) is 0 Å². The van der Waals surface area contributed by atoms with E-state index >= 15 is 0 Å². The Hall–Kier alpha value is -1.59. The Morgan fingerprint density at radius 2 is 0.667 bits per heavy atom. The van der Waals surface area contributed by atoms with E-state index < -0.39 is 6.10 Å². The number of unbranched alkanes of at least 4 members (excludes halogenated alkanes) is 29. The standard InChI is InChI=1S/C51H98O6/c1-6-8-9-10-11-19-28-33-38-43-51(54)57-48(45-56-50(53)42-37-32-27-23-18-20-24-29-34-39-46(3)4)44-55-49(52)41-36-31-26-22-17-15-13-12-14-16-21-25-30-35-40-47(5)7-2/h46-48H,6-45H2,1-5H3/t47?,48-/m0/s1. The molecule has 338 valence electrons. The van der Waals surface area contributed by atoms with Crippen LogP contribution in [0.15, 0.2) is 0 Å². The molecule has 0 N–H and O–H groups in total. The van der Waals surface area contributed by atoms with Crippen LogP contribution in [0.5, 0.6) is 0 Å². The molecular weight excluding hydrogens is 709 g/mol. The highest BCUT2D eigenvalue weighted by Crippen LogP contribution is 2.18. The van der Waals surface area contributed by atoms with Crippen LogP contribution in [-0.2, 0) is 28.6 Å². The van der Waals surface area contributed by atoms with Gasteiger partial charge in [0.2, 0.25) is 0 Å². The second kappa shape index (κ2) is 44.0. The Morgan fingerprint density at radius 1 is 0.368 bits per heavy atom. The van der Waals surface area contributed by atoms with Crippen LogP contribution >= 0.6 is 0 Å². The van der Waals surface area contributed by atoms with Crippen LogP contribution in [0.25, 0.3) is 0 Å². The van der Waals surface area contributed by atoms with Gasteiger partial charge in [0, 0.05) is 19.3 Å². The molecule has 0 aliphatic rings. The first-order valence-electron chi connectivity index (χ1n) is 25.3. The Balaban J connectivity index is 4.23. The van der Waals surface area contributed by atoms with E-state index in [-0.39, 0.29) is 31.1 Å². The zero-order chi connectivity index (χ0) is 41.9. The zero-order valence-corrected chi connectivity index (χ0v) is 39.0. The van der Waals surface area contributed by atoms with E-state index in [2.05, 4.69) is 34.6 Å². The number of carbonyl (C=O) groups excluding carboxylic acids is 3. The van der Waals surface area contributed by atoms with Crippen LogP contribution < -0.4 is 0 Å². The summed E-state index contributed by atoms with van der Waals surface area (Å²) in [5, 5.41) is 0. The van der Waals surface area contributed by atoms with Crippen molar-refractivity contribution in [2.45, 2.75) is 285 Å². The molecule has 0 saturated carbocycles. The summed E-state index contributed by atoms with van der Waals surface area (Å²) < 4.78 is 16.8. The number of esters is 3. The summed E-state index contributed by atoms with van der Waals surface area (Å²) in [7, 11) is 0. The van der Waals surface area contributed by atoms with Crippen LogP contribution in [-0.4, -0.2) is 37.2 Å². The minimum atomic E-state index is -0.760. The highest BCUT2D eigenvalue weighted by Gasteiger charge is 2.19. The van der Waals surface area contributed by atoms with Gasteiger partial charge in [0.05, 0.1) is 0 Å². The molecule has 0 heterocycles. The fraction of sp³-hybridized carbons (Fsp3) is 0.941. The van der Waals surface area contributed by atoms with E-state index in [9.17, 15) is 14.4 Å². The fourth-order valence-electron chi connectivity index (χ4n) is 7.60. The van der Waals surface area contributed by atoms with Crippen LogP contribution in [0.4, 0.5) is 0 Å². The highest BCUT2D eigenvalue weighted by molar-refractivity contribution is 5.71. The Bertz CT molecular complexity index is 872. The summed E-state index contributed by atoms with van der Waals surface area (Å²) in [5.41, 5.74) is 0. The topological polar surface area (TPSA) is 78.9 Å².